The smallest absolute Gasteiger partial charge is 0.276 e. The lowest BCUT2D eigenvalue weighted by Crippen LogP contribution is -2.64. The van der Waals surface area contributed by atoms with Crippen LogP contribution in [-0.4, -0.2) is 46.2 Å². The molecular weight excluding hydrogens is 438 g/mol. The number of likely N-dealkylation sites (N-methyl/N-ethyl adjacent to an activating group) is 2. The Labute approximate surface area is 176 Å². The standard InChI is InChI=1S/C21H20BrN3O4/c1-21(13-14-7-5-4-6-8-14)20(27)23(2)18(19(26)24(21)3)12-15-11-16(22)9-10-17(15)25(28)29/h4-12H,13H2,1-3H3/b18-12+. The molecule has 3 rings (SSSR count). The number of rotatable bonds is 4. The molecule has 0 N–H and O–H groups in total. The van der Waals surface area contributed by atoms with E-state index in [0.29, 0.717) is 10.9 Å². The Balaban J connectivity index is 2.03. The molecule has 7 nitrogen and oxygen atoms in total. The van der Waals surface area contributed by atoms with E-state index in [9.17, 15) is 19.7 Å². The van der Waals surface area contributed by atoms with Gasteiger partial charge in [0, 0.05) is 31.1 Å². The first-order valence-electron chi connectivity index (χ1n) is 8.91. The second-order valence-electron chi connectivity index (χ2n) is 7.15. The number of nitro groups is 1. The highest BCUT2D eigenvalue weighted by molar-refractivity contribution is 9.10. The van der Waals surface area contributed by atoms with Crippen molar-refractivity contribution in [2.75, 3.05) is 14.1 Å². The van der Waals surface area contributed by atoms with Crippen LogP contribution in [0.2, 0.25) is 0 Å². The van der Waals surface area contributed by atoms with E-state index >= 15 is 0 Å². The van der Waals surface area contributed by atoms with Gasteiger partial charge in [0.1, 0.15) is 11.2 Å². The Bertz CT molecular complexity index is 1020. The van der Waals surface area contributed by atoms with Crippen molar-refractivity contribution in [1.82, 2.24) is 9.80 Å². The predicted molar refractivity (Wildman–Crippen MR) is 113 cm³/mol. The van der Waals surface area contributed by atoms with Crippen molar-refractivity contribution < 1.29 is 14.5 Å². The van der Waals surface area contributed by atoms with Gasteiger partial charge in [0.25, 0.3) is 17.5 Å². The molecule has 0 saturated carbocycles. The number of amides is 2. The zero-order valence-corrected chi connectivity index (χ0v) is 17.8. The summed E-state index contributed by atoms with van der Waals surface area (Å²) in [4.78, 5) is 39.9. The molecule has 0 bridgehead atoms. The number of carbonyl (C=O) groups excluding carboxylic acids is 2. The minimum Gasteiger partial charge on any atom is -0.326 e. The molecule has 1 aliphatic heterocycles. The summed E-state index contributed by atoms with van der Waals surface area (Å²) in [6.45, 7) is 1.73. The van der Waals surface area contributed by atoms with Crippen LogP contribution >= 0.6 is 15.9 Å². The minimum atomic E-state index is -1.06. The summed E-state index contributed by atoms with van der Waals surface area (Å²) in [6.07, 6.45) is 1.76. The molecule has 1 unspecified atom stereocenters. The maximum atomic E-state index is 13.2. The van der Waals surface area contributed by atoms with Crippen LogP contribution in [-0.2, 0) is 16.0 Å². The number of piperazine rings is 1. The molecule has 29 heavy (non-hydrogen) atoms. The van der Waals surface area contributed by atoms with Crippen LogP contribution in [0.15, 0.2) is 58.7 Å². The molecule has 0 aliphatic carbocycles. The summed E-state index contributed by atoms with van der Waals surface area (Å²) in [6, 6.07) is 13.9. The SMILES string of the molecule is CN1C(=O)C(C)(Cc2ccccc2)N(C)C(=O)/C1=C\c1cc(Br)ccc1[N+](=O)[O-]. The lowest BCUT2D eigenvalue weighted by molar-refractivity contribution is -0.385. The zero-order valence-electron chi connectivity index (χ0n) is 16.3. The van der Waals surface area contributed by atoms with E-state index in [1.165, 1.54) is 29.0 Å². The van der Waals surface area contributed by atoms with Gasteiger partial charge in [-0.15, -0.1) is 0 Å². The van der Waals surface area contributed by atoms with E-state index in [0.717, 1.165) is 5.56 Å². The van der Waals surface area contributed by atoms with Gasteiger partial charge < -0.3 is 9.80 Å². The molecule has 150 valence electrons. The molecule has 2 aromatic carbocycles. The van der Waals surface area contributed by atoms with Crippen LogP contribution in [0.4, 0.5) is 5.69 Å². The second-order valence-corrected chi connectivity index (χ2v) is 8.07. The third-order valence-corrected chi connectivity index (χ3v) is 5.75. The van der Waals surface area contributed by atoms with E-state index in [1.54, 1.807) is 26.1 Å². The van der Waals surface area contributed by atoms with Gasteiger partial charge in [-0.3, -0.25) is 19.7 Å². The van der Waals surface area contributed by atoms with Gasteiger partial charge >= 0.3 is 0 Å². The zero-order chi connectivity index (χ0) is 21.3. The summed E-state index contributed by atoms with van der Waals surface area (Å²) in [5, 5.41) is 11.4. The van der Waals surface area contributed by atoms with Crippen LogP contribution in [0.25, 0.3) is 6.08 Å². The molecule has 1 heterocycles. The van der Waals surface area contributed by atoms with Crippen LogP contribution in [0, 0.1) is 10.1 Å². The fraction of sp³-hybridized carbons (Fsp3) is 0.238. The van der Waals surface area contributed by atoms with Gasteiger partial charge in [0.15, 0.2) is 0 Å². The van der Waals surface area contributed by atoms with Crippen LogP contribution in [0.1, 0.15) is 18.1 Å². The summed E-state index contributed by atoms with van der Waals surface area (Å²) < 4.78 is 0.634. The van der Waals surface area contributed by atoms with Gasteiger partial charge in [-0.2, -0.15) is 0 Å². The Morgan fingerprint density at radius 2 is 1.79 bits per heavy atom. The molecular formula is C21H20BrN3O4. The summed E-state index contributed by atoms with van der Waals surface area (Å²) in [5.74, 6) is -0.632. The monoisotopic (exact) mass is 457 g/mol. The first kappa shape index (κ1) is 20.7. The first-order chi connectivity index (χ1) is 13.6. The van der Waals surface area contributed by atoms with Crippen molar-refractivity contribution in [3.8, 4) is 0 Å². The van der Waals surface area contributed by atoms with Gasteiger partial charge in [0.2, 0.25) is 0 Å². The third-order valence-electron chi connectivity index (χ3n) is 5.26. The van der Waals surface area contributed by atoms with E-state index in [2.05, 4.69) is 15.9 Å². The molecule has 0 aromatic heterocycles. The topological polar surface area (TPSA) is 83.8 Å². The van der Waals surface area contributed by atoms with Crippen LogP contribution in [0.5, 0.6) is 0 Å². The largest absolute Gasteiger partial charge is 0.326 e. The van der Waals surface area contributed by atoms with E-state index < -0.39 is 10.5 Å². The molecule has 1 saturated heterocycles. The first-order valence-corrected chi connectivity index (χ1v) is 9.70. The van der Waals surface area contributed by atoms with E-state index in [1.807, 2.05) is 30.3 Å². The number of nitro benzene ring substituents is 1. The maximum absolute atomic E-state index is 13.2. The highest BCUT2D eigenvalue weighted by atomic mass is 79.9. The Morgan fingerprint density at radius 1 is 1.14 bits per heavy atom. The molecule has 1 atom stereocenters. The van der Waals surface area contributed by atoms with Crippen molar-refractivity contribution in [3.63, 3.8) is 0 Å². The van der Waals surface area contributed by atoms with Crippen LogP contribution < -0.4 is 0 Å². The van der Waals surface area contributed by atoms with Gasteiger partial charge in [-0.05, 0) is 30.7 Å². The number of nitrogens with zero attached hydrogens (tertiary/aromatic N) is 3. The van der Waals surface area contributed by atoms with Crippen molar-refractivity contribution in [2.24, 2.45) is 0 Å². The summed E-state index contributed by atoms with van der Waals surface area (Å²) >= 11 is 3.29. The molecule has 2 aromatic rings. The van der Waals surface area contributed by atoms with Gasteiger partial charge in [-0.1, -0.05) is 46.3 Å². The second kappa shape index (κ2) is 7.79. The lowest BCUT2D eigenvalue weighted by Gasteiger charge is -2.45. The fourth-order valence-electron chi connectivity index (χ4n) is 3.45. The fourth-order valence-corrected chi connectivity index (χ4v) is 3.83. The quantitative estimate of drug-likeness (QED) is 0.398. The Kier molecular flexibility index (Phi) is 5.57. The molecule has 1 aliphatic rings. The average molecular weight is 458 g/mol. The predicted octanol–water partition coefficient (Wildman–Crippen LogP) is 3.63. The highest BCUT2D eigenvalue weighted by Gasteiger charge is 2.48. The molecule has 0 radical (unpaired) electrons. The van der Waals surface area contributed by atoms with Crippen molar-refractivity contribution in [2.45, 2.75) is 18.9 Å². The van der Waals surface area contributed by atoms with E-state index in [-0.39, 0.29) is 28.8 Å². The number of benzene rings is 2. The Morgan fingerprint density at radius 3 is 2.41 bits per heavy atom. The number of hydrogen-bond acceptors (Lipinski definition) is 4. The lowest BCUT2D eigenvalue weighted by atomic mass is 9.87. The third kappa shape index (κ3) is 3.80. The molecule has 2 amide bonds. The summed E-state index contributed by atoms with van der Waals surface area (Å²) in [7, 11) is 3.10. The molecule has 0 spiro atoms. The summed E-state index contributed by atoms with van der Waals surface area (Å²) in [5.41, 5.74) is 0.0611. The number of carbonyl (C=O) groups is 2. The van der Waals surface area contributed by atoms with Crippen LogP contribution in [0.3, 0.4) is 0 Å². The van der Waals surface area contributed by atoms with E-state index in [4.69, 9.17) is 0 Å². The normalized spacial score (nSPS) is 21.0. The van der Waals surface area contributed by atoms with Gasteiger partial charge in [0.05, 0.1) is 10.5 Å². The molecule has 8 heteroatoms. The maximum Gasteiger partial charge on any atom is 0.276 e. The van der Waals surface area contributed by atoms with Crippen molar-refractivity contribution >= 4 is 39.5 Å². The minimum absolute atomic E-state index is 0.0873. The van der Waals surface area contributed by atoms with Crippen molar-refractivity contribution in [1.29, 1.82) is 0 Å². The number of hydrogen-bond donors (Lipinski definition) is 0. The number of halogens is 1. The Hall–Kier alpha value is -3.00. The molecule has 1 fully saturated rings. The average Bonchev–Trinajstić information content (AvgIpc) is 2.69. The highest BCUT2D eigenvalue weighted by Crippen LogP contribution is 2.33. The van der Waals surface area contributed by atoms with Gasteiger partial charge in [-0.25, -0.2) is 0 Å². The van der Waals surface area contributed by atoms with Crippen molar-refractivity contribution in [3.05, 3.63) is 79.9 Å².